The lowest BCUT2D eigenvalue weighted by molar-refractivity contribution is -0.161. The smallest absolute Gasteiger partial charge is 0.306 e. The quantitative estimate of drug-likeness (QED) is 0.0379. The number of aliphatic hydroxyl groups excluding tert-OH is 1. The van der Waals surface area contributed by atoms with Crippen LogP contribution in [0.3, 0.4) is 0 Å². The van der Waals surface area contributed by atoms with E-state index in [0.717, 1.165) is 103 Å². The first-order valence-electron chi connectivity index (χ1n) is 23.4. The molecule has 0 aliphatic rings. The van der Waals surface area contributed by atoms with Crippen molar-refractivity contribution in [2.45, 2.75) is 200 Å². The first-order chi connectivity index (χ1) is 28.6. The molecule has 0 rings (SSSR count). The Hall–Kier alpha value is -3.44. The fourth-order valence-corrected chi connectivity index (χ4v) is 6.10. The summed E-state index contributed by atoms with van der Waals surface area (Å²) in [5.74, 6) is -0.638. The number of esters is 2. The van der Waals surface area contributed by atoms with E-state index >= 15 is 0 Å². The van der Waals surface area contributed by atoms with E-state index in [1.165, 1.54) is 64.2 Å². The highest BCUT2D eigenvalue weighted by Gasteiger charge is 2.16. The van der Waals surface area contributed by atoms with E-state index < -0.39 is 6.10 Å². The van der Waals surface area contributed by atoms with E-state index in [1.54, 1.807) is 0 Å². The van der Waals surface area contributed by atoms with Crippen LogP contribution in [-0.4, -0.2) is 36.4 Å². The van der Waals surface area contributed by atoms with Crippen LogP contribution in [0.15, 0.2) is 109 Å². The first kappa shape index (κ1) is 54.6. The van der Waals surface area contributed by atoms with Crippen LogP contribution in [0, 0.1) is 0 Å². The van der Waals surface area contributed by atoms with Gasteiger partial charge in [0.25, 0.3) is 0 Å². The predicted molar refractivity (Wildman–Crippen MR) is 251 cm³/mol. The molecule has 0 saturated heterocycles. The summed E-state index contributed by atoms with van der Waals surface area (Å²) in [6.07, 6.45) is 68.8. The van der Waals surface area contributed by atoms with Gasteiger partial charge in [-0.2, -0.15) is 0 Å². The molecular formula is C53H86O5. The third-order valence-electron chi connectivity index (χ3n) is 9.56. The van der Waals surface area contributed by atoms with Gasteiger partial charge in [-0.15, -0.1) is 0 Å². The zero-order valence-corrected chi connectivity index (χ0v) is 37.3. The molecule has 0 amide bonds. The molecule has 0 bridgehead atoms. The topological polar surface area (TPSA) is 72.8 Å². The Morgan fingerprint density at radius 3 is 1.05 bits per heavy atom. The Bertz CT molecular complexity index is 1180. The maximum Gasteiger partial charge on any atom is 0.306 e. The molecule has 5 heteroatoms. The molecule has 0 spiro atoms. The monoisotopic (exact) mass is 803 g/mol. The minimum Gasteiger partial charge on any atom is -0.462 e. The van der Waals surface area contributed by atoms with Crippen LogP contribution in [0.5, 0.6) is 0 Å². The highest BCUT2D eigenvalue weighted by Crippen LogP contribution is 2.14. The number of rotatable bonds is 41. The second kappa shape index (κ2) is 47.9. The molecule has 5 nitrogen and oxygen atoms in total. The number of unbranched alkanes of at least 4 members (excludes halogenated alkanes) is 15. The summed E-state index contributed by atoms with van der Waals surface area (Å²) in [6.45, 7) is 3.88. The molecule has 328 valence electrons. The van der Waals surface area contributed by atoms with Gasteiger partial charge in [0.2, 0.25) is 0 Å². The largest absolute Gasteiger partial charge is 0.462 e. The molecule has 1 unspecified atom stereocenters. The van der Waals surface area contributed by atoms with E-state index in [0.29, 0.717) is 12.8 Å². The number of aliphatic hydroxyl groups is 1. The Balaban J connectivity index is 3.60. The van der Waals surface area contributed by atoms with Gasteiger partial charge in [-0.05, 0) is 96.3 Å². The van der Waals surface area contributed by atoms with Crippen molar-refractivity contribution in [2.75, 3.05) is 13.2 Å². The second-order valence-corrected chi connectivity index (χ2v) is 15.1. The first-order valence-corrected chi connectivity index (χ1v) is 23.4. The molecule has 0 heterocycles. The molecule has 58 heavy (non-hydrogen) atoms. The minimum atomic E-state index is -0.797. The number of carbonyl (C=O) groups excluding carboxylic acids is 2. The van der Waals surface area contributed by atoms with Gasteiger partial charge >= 0.3 is 11.9 Å². The van der Waals surface area contributed by atoms with Crippen LogP contribution in [0.1, 0.15) is 194 Å². The van der Waals surface area contributed by atoms with Crippen LogP contribution < -0.4 is 0 Å². The number of ether oxygens (including phenoxy) is 2. The second-order valence-electron chi connectivity index (χ2n) is 15.1. The van der Waals surface area contributed by atoms with Gasteiger partial charge in [0, 0.05) is 12.8 Å². The Morgan fingerprint density at radius 1 is 0.397 bits per heavy atom. The summed E-state index contributed by atoms with van der Waals surface area (Å²) in [7, 11) is 0. The van der Waals surface area contributed by atoms with Crippen molar-refractivity contribution in [1.82, 2.24) is 0 Å². The average molecular weight is 803 g/mol. The van der Waals surface area contributed by atoms with Crippen molar-refractivity contribution in [3.8, 4) is 0 Å². The summed E-state index contributed by atoms with van der Waals surface area (Å²) in [4.78, 5) is 24.4. The number of allylic oxidation sites excluding steroid dienone is 18. The van der Waals surface area contributed by atoms with Crippen LogP contribution in [-0.2, 0) is 19.1 Å². The Morgan fingerprint density at radius 2 is 0.690 bits per heavy atom. The molecule has 0 radical (unpaired) electrons. The third kappa shape index (κ3) is 45.3. The van der Waals surface area contributed by atoms with Gasteiger partial charge in [-0.3, -0.25) is 9.59 Å². The predicted octanol–water partition coefficient (Wildman–Crippen LogP) is 15.4. The fraction of sp³-hybridized carbons (Fsp3) is 0.623. The lowest BCUT2D eigenvalue weighted by Gasteiger charge is -2.15. The van der Waals surface area contributed by atoms with E-state index in [9.17, 15) is 14.7 Å². The van der Waals surface area contributed by atoms with Crippen molar-refractivity contribution >= 4 is 11.9 Å². The summed E-state index contributed by atoms with van der Waals surface area (Å²) in [6, 6.07) is 0. The highest BCUT2D eigenvalue weighted by molar-refractivity contribution is 5.70. The standard InChI is InChI=1S/C53H86O5/c1-3-5-7-9-11-13-15-17-19-21-23-24-25-26-27-28-30-31-33-35-37-39-41-43-45-47-52(55)57-50-51(49-54)58-53(56)48-46-44-42-40-38-36-34-32-29-22-20-18-16-14-12-10-8-6-4-2/h5-8,11-14,17-20,23-24,29,32,36,38,51,54H,3-4,9-10,15-16,21-22,25-28,30-31,33-35,37,39-50H2,1-2H3/b7-5-,8-6-,13-11-,14-12-,19-17-,20-18-,24-23-,32-29-,38-36-. The lowest BCUT2D eigenvalue weighted by atomic mass is 10.0. The molecule has 0 fully saturated rings. The molecule has 0 aromatic heterocycles. The molecule has 0 aromatic rings. The van der Waals surface area contributed by atoms with Crippen LogP contribution in [0.25, 0.3) is 0 Å². The van der Waals surface area contributed by atoms with Gasteiger partial charge in [0.1, 0.15) is 6.61 Å². The summed E-state index contributed by atoms with van der Waals surface area (Å²) < 4.78 is 10.6. The maximum absolute atomic E-state index is 12.2. The summed E-state index contributed by atoms with van der Waals surface area (Å²) >= 11 is 0. The maximum atomic E-state index is 12.2. The van der Waals surface area contributed by atoms with Crippen LogP contribution >= 0.6 is 0 Å². The van der Waals surface area contributed by atoms with E-state index in [2.05, 4.69) is 123 Å². The average Bonchev–Trinajstić information content (AvgIpc) is 3.23. The van der Waals surface area contributed by atoms with Crippen LogP contribution in [0.2, 0.25) is 0 Å². The van der Waals surface area contributed by atoms with Crippen LogP contribution in [0.4, 0.5) is 0 Å². The number of hydrogen-bond acceptors (Lipinski definition) is 5. The SMILES string of the molecule is CC/C=C\C/C=C\C/C=C\C/C=C\C/C=C\CCCCCC(=O)OC(CO)COC(=O)CCCCCCCCCCCCCC/C=C\C/C=C\C/C=C\C/C=C\CC. The number of hydrogen-bond donors (Lipinski definition) is 1. The van der Waals surface area contributed by atoms with Crippen molar-refractivity contribution in [3.63, 3.8) is 0 Å². The van der Waals surface area contributed by atoms with E-state index in [-0.39, 0.29) is 25.2 Å². The molecule has 0 saturated carbocycles. The molecule has 0 aliphatic carbocycles. The molecule has 1 atom stereocenters. The molecule has 1 N–H and O–H groups in total. The lowest BCUT2D eigenvalue weighted by Crippen LogP contribution is -2.28. The van der Waals surface area contributed by atoms with Crippen molar-refractivity contribution in [2.24, 2.45) is 0 Å². The Kier molecular flexibility index (Phi) is 45.1. The van der Waals surface area contributed by atoms with Crippen molar-refractivity contribution in [1.29, 1.82) is 0 Å². The summed E-state index contributed by atoms with van der Waals surface area (Å²) in [5, 5.41) is 9.60. The van der Waals surface area contributed by atoms with Crippen molar-refractivity contribution in [3.05, 3.63) is 109 Å². The molecule has 0 aromatic carbocycles. The zero-order valence-electron chi connectivity index (χ0n) is 37.3. The Labute approximate surface area is 357 Å². The fourth-order valence-electron chi connectivity index (χ4n) is 6.10. The van der Waals surface area contributed by atoms with Gasteiger partial charge in [-0.25, -0.2) is 0 Å². The number of carbonyl (C=O) groups is 2. The summed E-state index contributed by atoms with van der Waals surface area (Å²) in [5.41, 5.74) is 0. The van der Waals surface area contributed by atoms with E-state index in [4.69, 9.17) is 9.47 Å². The normalized spacial score (nSPS) is 13.2. The van der Waals surface area contributed by atoms with Gasteiger partial charge < -0.3 is 14.6 Å². The molecule has 0 aliphatic heterocycles. The van der Waals surface area contributed by atoms with E-state index in [1.807, 2.05) is 0 Å². The van der Waals surface area contributed by atoms with Gasteiger partial charge in [0.15, 0.2) is 6.10 Å². The van der Waals surface area contributed by atoms with Crippen molar-refractivity contribution < 1.29 is 24.2 Å². The molecular weight excluding hydrogens is 717 g/mol. The van der Waals surface area contributed by atoms with Gasteiger partial charge in [-0.1, -0.05) is 194 Å². The highest BCUT2D eigenvalue weighted by atomic mass is 16.6. The third-order valence-corrected chi connectivity index (χ3v) is 9.56. The minimum absolute atomic E-state index is 0.0869. The van der Waals surface area contributed by atoms with Gasteiger partial charge in [0.05, 0.1) is 6.61 Å². The zero-order chi connectivity index (χ0) is 42.1.